The van der Waals surface area contributed by atoms with Gasteiger partial charge in [0.2, 0.25) is 0 Å². The Bertz CT molecular complexity index is 1130. The topological polar surface area (TPSA) is 57.4 Å². The number of fused-ring (bicyclic) bond motifs is 2. The minimum Gasteiger partial charge on any atom is -0.494 e. The molecule has 2 heterocycles. The molecule has 180 valence electrons. The van der Waals surface area contributed by atoms with Gasteiger partial charge in [-0.25, -0.2) is 0 Å². The predicted molar refractivity (Wildman–Crippen MR) is 125 cm³/mol. The van der Waals surface area contributed by atoms with Gasteiger partial charge in [-0.2, -0.15) is 13.2 Å². The Kier molecular flexibility index (Phi) is 6.25. The van der Waals surface area contributed by atoms with Crippen molar-refractivity contribution in [2.24, 2.45) is 17.8 Å². The summed E-state index contributed by atoms with van der Waals surface area (Å²) in [7, 11) is 0. The van der Waals surface area contributed by atoms with Crippen LogP contribution in [-0.4, -0.2) is 48.2 Å². The average molecular weight is 472 g/mol. The molecule has 2 N–H and O–H groups in total. The van der Waals surface area contributed by atoms with Crippen molar-refractivity contribution in [3.8, 4) is 5.75 Å². The summed E-state index contributed by atoms with van der Waals surface area (Å²) in [5.74, 6) is 1.81. The highest BCUT2D eigenvalue weighted by Gasteiger charge is 2.43. The molecule has 1 amide bonds. The minimum atomic E-state index is -4.11. The summed E-state index contributed by atoms with van der Waals surface area (Å²) < 4.78 is 44.0. The van der Waals surface area contributed by atoms with Gasteiger partial charge in [0.05, 0.1) is 18.8 Å². The van der Waals surface area contributed by atoms with Crippen molar-refractivity contribution in [3.63, 3.8) is 0 Å². The number of likely N-dealkylation sites (tertiary alicyclic amines) is 1. The van der Waals surface area contributed by atoms with Gasteiger partial charge in [0.1, 0.15) is 5.75 Å². The summed E-state index contributed by atoms with van der Waals surface area (Å²) in [6.45, 7) is 0.896. The zero-order valence-corrected chi connectivity index (χ0v) is 18.8. The summed E-state index contributed by atoms with van der Waals surface area (Å²) in [6.07, 6.45) is 0.518. The van der Waals surface area contributed by atoms with E-state index < -0.39 is 12.7 Å². The molecule has 1 saturated heterocycles. The van der Waals surface area contributed by atoms with E-state index in [1.54, 1.807) is 23.2 Å². The number of carbonyl (C=O) groups excluding carboxylic acids is 1. The normalized spacial score (nSPS) is 22.7. The molecule has 2 aliphatic rings. The molecule has 5 rings (SSSR count). The van der Waals surface area contributed by atoms with E-state index >= 15 is 0 Å². The van der Waals surface area contributed by atoms with E-state index in [0.717, 1.165) is 35.9 Å². The molecular weight excluding hydrogens is 443 g/mol. The van der Waals surface area contributed by atoms with Gasteiger partial charge < -0.3 is 15.0 Å². The number of nitrogens with zero attached hydrogens (tertiary/aromatic N) is 1. The number of amides is 1. The van der Waals surface area contributed by atoms with Gasteiger partial charge >= 0.3 is 6.18 Å². The molecule has 34 heavy (non-hydrogen) atoms. The monoisotopic (exact) mass is 471 g/mol. The summed E-state index contributed by atoms with van der Waals surface area (Å²) in [5, 5.41) is 3.83. The van der Waals surface area contributed by atoms with E-state index in [1.165, 1.54) is 0 Å². The van der Waals surface area contributed by atoms with Crippen LogP contribution in [0.3, 0.4) is 0 Å². The van der Waals surface area contributed by atoms with Gasteiger partial charge in [-0.3, -0.25) is 9.69 Å². The molecule has 2 unspecified atom stereocenters. The van der Waals surface area contributed by atoms with Crippen molar-refractivity contribution in [2.75, 3.05) is 31.6 Å². The number of halogens is 3. The predicted octanol–water partition coefficient (Wildman–Crippen LogP) is 5.71. The number of ether oxygens (including phenoxy) is 1. The molecule has 2 aromatic carbocycles. The third-order valence-electron chi connectivity index (χ3n) is 7.06. The first-order valence-electron chi connectivity index (χ1n) is 11.7. The fourth-order valence-corrected chi connectivity index (χ4v) is 5.56. The highest BCUT2D eigenvalue weighted by Crippen LogP contribution is 2.43. The van der Waals surface area contributed by atoms with Crippen molar-refractivity contribution in [1.82, 2.24) is 9.88 Å². The fraction of sp³-hybridized carbons (Fsp3) is 0.423. The molecule has 5 nitrogen and oxygen atoms in total. The number of benzene rings is 2. The maximum atomic E-state index is 12.6. The summed E-state index contributed by atoms with van der Waals surface area (Å²) >= 11 is 0. The van der Waals surface area contributed by atoms with E-state index in [4.69, 9.17) is 4.74 Å². The van der Waals surface area contributed by atoms with E-state index in [9.17, 15) is 18.0 Å². The minimum absolute atomic E-state index is 0.173. The molecular formula is C26H28F3N3O2. The SMILES string of the molecule is O=C(Nc1c[nH]c2ccc(OCCC3CC4CN(CC(F)(F)F)C[C@@H]4C3)cc12)c1ccccc1. The van der Waals surface area contributed by atoms with E-state index in [0.29, 0.717) is 48.7 Å². The van der Waals surface area contributed by atoms with Gasteiger partial charge in [-0.1, -0.05) is 18.2 Å². The van der Waals surface area contributed by atoms with Crippen LogP contribution in [0.1, 0.15) is 29.6 Å². The number of anilines is 1. The number of rotatable bonds is 7. The number of hydrogen-bond donors (Lipinski definition) is 2. The number of hydrogen-bond acceptors (Lipinski definition) is 3. The van der Waals surface area contributed by atoms with Crippen LogP contribution < -0.4 is 10.1 Å². The standard InChI is InChI=1S/C26H28F3N3O2/c27-26(28,29)16-32-14-19-10-17(11-20(19)15-32)8-9-34-21-6-7-23-22(12-21)24(13-30-23)31-25(33)18-4-2-1-3-5-18/h1-7,12-13,17,19-20,30H,8-11,14-16H2,(H,31,33)/t17?,19-,20?/m0/s1. The van der Waals surface area contributed by atoms with Crippen molar-refractivity contribution >= 4 is 22.5 Å². The maximum Gasteiger partial charge on any atom is 0.401 e. The molecule has 1 aliphatic heterocycles. The van der Waals surface area contributed by atoms with Crippen LogP contribution in [0.4, 0.5) is 18.9 Å². The Hall–Kier alpha value is -3.00. The zero-order valence-electron chi connectivity index (χ0n) is 18.8. The molecule has 0 bridgehead atoms. The molecule has 8 heteroatoms. The molecule has 1 aromatic heterocycles. The fourth-order valence-electron chi connectivity index (χ4n) is 5.56. The van der Waals surface area contributed by atoms with Crippen LogP contribution in [0.2, 0.25) is 0 Å². The van der Waals surface area contributed by atoms with Crippen LogP contribution >= 0.6 is 0 Å². The second-order valence-corrected chi connectivity index (χ2v) is 9.53. The third-order valence-corrected chi connectivity index (χ3v) is 7.06. The van der Waals surface area contributed by atoms with Crippen LogP contribution in [0.25, 0.3) is 10.9 Å². The van der Waals surface area contributed by atoms with Gasteiger partial charge in [-0.05, 0) is 67.3 Å². The number of H-pyrrole nitrogens is 1. The van der Waals surface area contributed by atoms with Gasteiger partial charge in [-0.15, -0.1) is 0 Å². The van der Waals surface area contributed by atoms with Crippen molar-refractivity contribution in [2.45, 2.75) is 25.4 Å². The highest BCUT2D eigenvalue weighted by molar-refractivity contribution is 6.09. The average Bonchev–Trinajstić information content (AvgIpc) is 3.46. The molecule has 3 aromatic rings. The van der Waals surface area contributed by atoms with E-state index in [1.807, 2.05) is 36.4 Å². The number of aromatic nitrogens is 1. The Morgan fingerprint density at radius 1 is 1.09 bits per heavy atom. The van der Waals surface area contributed by atoms with Gasteiger partial charge in [0, 0.05) is 35.8 Å². The molecule has 2 fully saturated rings. The van der Waals surface area contributed by atoms with E-state index in [2.05, 4.69) is 10.3 Å². The maximum absolute atomic E-state index is 12.6. The molecule has 0 spiro atoms. The lowest BCUT2D eigenvalue weighted by molar-refractivity contribution is -0.144. The van der Waals surface area contributed by atoms with Crippen LogP contribution in [0.5, 0.6) is 5.75 Å². The number of carbonyl (C=O) groups is 1. The Balaban J connectivity index is 1.13. The van der Waals surface area contributed by atoms with Gasteiger partial charge in [0.25, 0.3) is 5.91 Å². The summed E-state index contributed by atoms with van der Waals surface area (Å²) in [4.78, 5) is 17.2. The first-order valence-corrected chi connectivity index (χ1v) is 11.7. The van der Waals surface area contributed by atoms with Crippen molar-refractivity contribution < 1.29 is 22.7 Å². The molecule has 3 atom stereocenters. The lowest BCUT2D eigenvalue weighted by atomic mass is 10.0. The largest absolute Gasteiger partial charge is 0.494 e. The number of nitrogens with one attached hydrogen (secondary N) is 2. The first-order chi connectivity index (χ1) is 16.3. The second-order valence-electron chi connectivity index (χ2n) is 9.53. The van der Waals surface area contributed by atoms with Crippen LogP contribution in [0.15, 0.2) is 54.7 Å². The molecule has 1 saturated carbocycles. The molecule has 1 aliphatic carbocycles. The number of aromatic amines is 1. The lowest BCUT2D eigenvalue weighted by Crippen LogP contribution is -2.33. The smallest absolute Gasteiger partial charge is 0.401 e. The number of alkyl halides is 3. The van der Waals surface area contributed by atoms with E-state index in [-0.39, 0.29) is 5.91 Å². The lowest BCUT2D eigenvalue weighted by Gasteiger charge is -2.20. The van der Waals surface area contributed by atoms with Crippen LogP contribution in [-0.2, 0) is 0 Å². The van der Waals surface area contributed by atoms with Crippen molar-refractivity contribution in [3.05, 3.63) is 60.3 Å². The highest BCUT2D eigenvalue weighted by atomic mass is 19.4. The summed E-state index contributed by atoms with van der Waals surface area (Å²) in [6, 6.07) is 14.8. The van der Waals surface area contributed by atoms with Gasteiger partial charge in [0.15, 0.2) is 0 Å². The van der Waals surface area contributed by atoms with Crippen LogP contribution in [0, 0.1) is 17.8 Å². The third kappa shape index (κ3) is 5.22. The zero-order chi connectivity index (χ0) is 23.7. The Morgan fingerprint density at radius 3 is 2.53 bits per heavy atom. The quantitative estimate of drug-likeness (QED) is 0.464. The second kappa shape index (κ2) is 9.33. The summed E-state index contributed by atoms with van der Waals surface area (Å²) in [5.41, 5.74) is 2.19. The first kappa shape index (κ1) is 22.8. The molecule has 0 radical (unpaired) electrons. The Morgan fingerprint density at radius 2 is 1.82 bits per heavy atom. The Labute approximate surface area is 196 Å². The van der Waals surface area contributed by atoms with Crippen molar-refractivity contribution in [1.29, 1.82) is 0 Å².